The number of nitrogens with zero attached hydrogens (tertiary/aromatic N) is 4. The fourth-order valence-corrected chi connectivity index (χ4v) is 4.78. The Bertz CT molecular complexity index is 1660. The molecule has 2 aromatic carbocycles. The molecular weight excluding hydrogens is 504 g/mol. The zero-order valence-corrected chi connectivity index (χ0v) is 20.3. The van der Waals surface area contributed by atoms with Crippen molar-refractivity contribution in [2.75, 3.05) is 35.7 Å². The average Bonchev–Trinajstić information content (AvgIpc) is 2.88. The molecule has 0 saturated heterocycles. The molecule has 0 spiro atoms. The number of sulfonamides is 1. The number of nitrogens with one attached hydrogen (secondary N) is 1. The Balaban J connectivity index is 1.83. The van der Waals surface area contributed by atoms with Gasteiger partial charge in [0.1, 0.15) is 29.0 Å². The number of ether oxygens (including phenoxy) is 1. The maximum absolute atomic E-state index is 15.4. The van der Waals surface area contributed by atoms with Gasteiger partial charge >= 0.3 is 0 Å². The van der Waals surface area contributed by atoms with Crippen molar-refractivity contribution in [1.29, 1.82) is 5.26 Å². The Labute approximate surface area is 211 Å². The van der Waals surface area contributed by atoms with Crippen LogP contribution in [0, 0.1) is 17.1 Å². The van der Waals surface area contributed by atoms with E-state index in [0.29, 0.717) is 22.0 Å². The van der Waals surface area contributed by atoms with E-state index < -0.39 is 28.3 Å². The third kappa shape index (κ3) is 5.19. The number of nitriles is 1. The molecule has 0 atom stereocenters. The van der Waals surface area contributed by atoms with Gasteiger partial charge in [0.15, 0.2) is 11.6 Å². The van der Waals surface area contributed by atoms with Crippen molar-refractivity contribution in [2.45, 2.75) is 6.42 Å². The van der Waals surface area contributed by atoms with E-state index in [1.807, 2.05) is 6.07 Å². The van der Waals surface area contributed by atoms with Crippen LogP contribution in [0.25, 0.3) is 33.4 Å². The Morgan fingerprint density at radius 2 is 1.95 bits per heavy atom. The Morgan fingerprint density at radius 3 is 2.65 bits per heavy atom. The maximum atomic E-state index is 15.4. The number of nitrogen functional groups attached to an aromatic ring is 2. The first-order valence-electron chi connectivity index (χ1n) is 10.8. The first kappa shape index (κ1) is 25.5. The second kappa shape index (κ2) is 10.2. The Hall–Kier alpha value is -4.57. The van der Waals surface area contributed by atoms with Crippen LogP contribution in [-0.2, 0) is 10.0 Å². The number of benzene rings is 2. The van der Waals surface area contributed by atoms with Crippen molar-refractivity contribution in [3.8, 4) is 34.3 Å². The number of methoxy groups -OCH3 is 1. The number of pyridine rings is 1. The van der Waals surface area contributed by atoms with Crippen LogP contribution in [0.3, 0.4) is 0 Å². The van der Waals surface area contributed by atoms with E-state index in [2.05, 4.69) is 19.7 Å². The quantitative estimate of drug-likeness (QED) is 0.311. The van der Waals surface area contributed by atoms with Crippen LogP contribution in [-0.4, -0.2) is 42.9 Å². The van der Waals surface area contributed by atoms with E-state index in [1.165, 1.54) is 43.6 Å². The lowest BCUT2D eigenvalue weighted by Gasteiger charge is -2.14. The molecular formula is C24H21F2N7O3S. The lowest BCUT2D eigenvalue weighted by atomic mass is 10.0. The highest BCUT2D eigenvalue weighted by Gasteiger charge is 2.20. The van der Waals surface area contributed by atoms with Crippen molar-refractivity contribution in [3.63, 3.8) is 0 Å². The summed E-state index contributed by atoms with van der Waals surface area (Å²) in [4.78, 5) is 12.8. The zero-order valence-electron chi connectivity index (χ0n) is 19.5. The summed E-state index contributed by atoms with van der Waals surface area (Å²) in [6, 6.07) is 10.7. The van der Waals surface area contributed by atoms with E-state index in [0.717, 1.165) is 0 Å². The fourth-order valence-electron chi connectivity index (χ4n) is 3.69. The van der Waals surface area contributed by atoms with Gasteiger partial charge in [0, 0.05) is 17.1 Å². The van der Waals surface area contributed by atoms with Crippen LogP contribution >= 0.6 is 0 Å². The molecule has 0 unspecified atom stereocenters. The number of nitrogens with two attached hydrogens (primary N) is 2. The molecule has 4 rings (SSSR count). The summed E-state index contributed by atoms with van der Waals surface area (Å²) in [5.74, 6) is -0.774. The number of alkyl halides is 1. The lowest BCUT2D eigenvalue weighted by Crippen LogP contribution is -2.18. The highest BCUT2D eigenvalue weighted by molar-refractivity contribution is 7.92. The monoisotopic (exact) mass is 525 g/mol. The maximum Gasteiger partial charge on any atom is 0.232 e. The largest absolute Gasteiger partial charge is 0.494 e. The van der Waals surface area contributed by atoms with Crippen LogP contribution in [0.4, 0.5) is 26.1 Å². The molecule has 0 radical (unpaired) electrons. The summed E-state index contributed by atoms with van der Waals surface area (Å²) in [6.07, 6.45) is 1.16. The molecule has 10 nitrogen and oxygen atoms in total. The average molecular weight is 526 g/mol. The number of fused-ring (bicyclic) bond motifs is 1. The second-order valence-corrected chi connectivity index (χ2v) is 9.75. The van der Waals surface area contributed by atoms with Crippen molar-refractivity contribution in [1.82, 2.24) is 15.0 Å². The summed E-state index contributed by atoms with van der Waals surface area (Å²) in [7, 11) is -2.55. The fraction of sp³-hybridized carbons (Fsp3) is 0.167. The minimum Gasteiger partial charge on any atom is -0.494 e. The van der Waals surface area contributed by atoms with Crippen LogP contribution in [0.5, 0.6) is 5.75 Å². The highest BCUT2D eigenvalue weighted by atomic mass is 32.2. The lowest BCUT2D eigenvalue weighted by molar-refractivity contribution is 0.419. The SMILES string of the molecule is COc1cc(-c2cccc(NS(=O)(=O)CCCF)c2F)cc2c(N)nc(-c3cnc(N)cc3C#N)nc12. The smallest absolute Gasteiger partial charge is 0.232 e. The highest BCUT2D eigenvalue weighted by Crippen LogP contribution is 2.37. The molecule has 37 heavy (non-hydrogen) atoms. The third-order valence-electron chi connectivity index (χ3n) is 5.42. The molecule has 0 aliphatic carbocycles. The summed E-state index contributed by atoms with van der Waals surface area (Å²) < 4.78 is 59.8. The van der Waals surface area contributed by atoms with Gasteiger partial charge in [-0.15, -0.1) is 0 Å². The molecule has 2 heterocycles. The van der Waals surface area contributed by atoms with Gasteiger partial charge in [-0.3, -0.25) is 9.11 Å². The van der Waals surface area contributed by atoms with Gasteiger partial charge in [-0.2, -0.15) is 5.26 Å². The summed E-state index contributed by atoms with van der Waals surface area (Å²) in [5.41, 5.74) is 12.8. The summed E-state index contributed by atoms with van der Waals surface area (Å²) in [5, 5.41) is 9.81. The molecule has 13 heteroatoms. The van der Waals surface area contributed by atoms with Gasteiger partial charge in [0.2, 0.25) is 10.0 Å². The van der Waals surface area contributed by atoms with Crippen LogP contribution < -0.4 is 20.9 Å². The van der Waals surface area contributed by atoms with Crippen molar-refractivity contribution in [2.24, 2.45) is 0 Å². The van der Waals surface area contributed by atoms with Gasteiger partial charge in [-0.25, -0.2) is 27.8 Å². The topological polar surface area (TPSA) is 170 Å². The van der Waals surface area contributed by atoms with Crippen molar-refractivity contribution in [3.05, 3.63) is 54.0 Å². The van der Waals surface area contributed by atoms with E-state index in [4.69, 9.17) is 16.2 Å². The molecule has 2 aromatic heterocycles. The van der Waals surface area contributed by atoms with Crippen molar-refractivity contribution < 1.29 is 21.9 Å². The molecule has 0 bridgehead atoms. The van der Waals surface area contributed by atoms with Crippen molar-refractivity contribution >= 4 is 38.2 Å². The summed E-state index contributed by atoms with van der Waals surface area (Å²) in [6.45, 7) is -0.807. The Kier molecular flexibility index (Phi) is 7.03. The minimum atomic E-state index is -3.94. The molecule has 5 N–H and O–H groups in total. The Morgan fingerprint density at radius 1 is 1.16 bits per heavy atom. The summed E-state index contributed by atoms with van der Waals surface area (Å²) >= 11 is 0. The second-order valence-electron chi connectivity index (χ2n) is 7.90. The van der Waals surface area contributed by atoms with Crippen LogP contribution in [0.2, 0.25) is 0 Å². The van der Waals surface area contributed by atoms with Gasteiger partial charge in [-0.1, -0.05) is 12.1 Å². The molecule has 0 fully saturated rings. The van der Waals surface area contributed by atoms with Gasteiger partial charge in [-0.05, 0) is 36.2 Å². The number of aromatic nitrogens is 3. The third-order valence-corrected chi connectivity index (χ3v) is 6.78. The van der Waals surface area contributed by atoms with Crippen LogP contribution in [0.15, 0.2) is 42.6 Å². The molecule has 0 aliphatic rings. The first-order chi connectivity index (χ1) is 17.7. The van der Waals surface area contributed by atoms with Gasteiger partial charge in [0.05, 0.1) is 36.4 Å². The predicted octanol–water partition coefficient (Wildman–Crippen LogP) is 3.64. The number of anilines is 3. The van der Waals surface area contributed by atoms with E-state index in [1.54, 1.807) is 6.07 Å². The number of halogens is 2. The zero-order chi connectivity index (χ0) is 26.7. The molecule has 4 aromatic rings. The van der Waals surface area contributed by atoms with E-state index in [-0.39, 0.29) is 46.4 Å². The molecule has 0 amide bonds. The standard InChI is InChI=1S/C24H21F2N7O3S/c1-36-19-9-13(15-4-2-5-18(21(15)26)33-37(34,35)7-3-6-25)8-16-22(19)31-24(32-23(16)29)17-12-30-20(28)10-14(17)11-27/h2,4-5,8-10,12,33H,3,6-7H2,1H3,(H2,28,30)(H2,29,31,32). The normalized spacial score (nSPS) is 11.3. The first-order valence-corrected chi connectivity index (χ1v) is 12.5. The molecule has 0 aliphatic heterocycles. The minimum absolute atomic E-state index is 0.0318. The van der Waals surface area contributed by atoms with Gasteiger partial charge in [0.25, 0.3) is 0 Å². The van der Waals surface area contributed by atoms with E-state index >= 15 is 4.39 Å². The number of hydrogen-bond acceptors (Lipinski definition) is 9. The van der Waals surface area contributed by atoms with Gasteiger partial charge < -0.3 is 16.2 Å². The van der Waals surface area contributed by atoms with Crippen LogP contribution in [0.1, 0.15) is 12.0 Å². The molecule has 190 valence electrons. The number of rotatable bonds is 8. The number of hydrogen-bond donors (Lipinski definition) is 3. The predicted molar refractivity (Wildman–Crippen MR) is 136 cm³/mol. The molecule has 0 saturated carbocycles. The van der Waals surface area contributed by atoms with E-state index in [9.17, 15) is 18.1 Å².